The topological polar surface area (TPSA) is 88.5 Å². The number of benzene rings is 2. The van der Waals surface area contributed by atoms with Crippen LogP contribution in [0.25, 0.3) is 0 Å². The van der Waals surface area contributed by atoms with Gasteiger partial charge in [0.1, 0.15) is 0 Å². The van der Waals surface area contributed by atoms with Crippen LogP contribution in [-0.4, -0.2) is 25.3 Å². The normalized spacial score (nSPS) is 15.3. The van der Waals surface area contributed by atoms with Gasteiger partial charge in [-0.15, -0.1) is 0 Å². The average molecular weight is 288 g/mol. The van der Waals surface area contributed by atoms with Gasteiger partial charge in [0, 0.05) is 5.56 Å². The number of carboxylic acid groups (broad SMARTS) is 1. The van der Waals surface area contributed by atoms with Crippen molar-refractivity contribution in [2.75, 3.05) is 0 Å². The number of carboxylic acids is 1. The molecule has 1 aliphatic heterocycles. The Balaban J connectivity index is 2.47. The van der Waals surface area contributed by atoms with Crippen molar-refractivity contribution in [2.45, 2.75) is 9.79 Å². The van der Waals surface area contributed by atoms with Crippen molar-refractivity contribution in [3.63, 3.8) is 0 Å². The van der Waals surface area contributed by atoms with Gasteiger partial charge in [-0.3, -0.25) is 4.79 Å². The molecule has 0 radical (unpaired) electrons. The number of fused-ring (bicyclic) bond motifs is 2. The van der Waals surface area contributed by atoms with E-state index in [4.69, 9.17) is 5.11 Å². The van der Waals surface area contributed by atoms with Crippen molar-refractivity contribution >= 4 is 21.6 Å². The van der Waals surface area contributed by atoms with Gasteiger partial charge in [0.2, 0.25) is 9.84 Å². The van der Waals surface area contributed by atoms with Crippen LogP contribution in [0.1, 0.15) is 26.3 Å². The van der Waals surface area contributed by atoms with E-state index in [9.17, 15) is 18.0 Å². The first-order chi connectivity index (χ1) is 9.44. The fourth-order valence-electron chi connectivity index (χ4n) is 2.31. The van der Waals surface area contributed by atoms with Gasteiger partial charge in [-0.25, -0.2) is 13.2 Å². The van der Waals surface area contributed by atoms with Crippen LogP contribution < -0.4 is 0 Å². The highest BCUT2D eigenvalue weighted by Gasteiger charge is 2.37. The first-order valence-electron chi connectivity index (χ1n) is 5.69. The molecule has 3 rings (SSSR count). The Bertz CT molecular complexity index is 865. The molecular formula is C14H8O5S. The molecule has 0 spiro atoms. The summed E-state index contributed by atoms with van der Waals surface area (Å²) < 4.78 is 24.9. The van der Waals surface area contributed by atoms with Gasteiger partial charge in [0.05, 0.1) is 20.9 Å². The van der Waals surface area contributed by atoms with Crippen LogP contribution in [0.2, 0.25) is 0 Å². The quantitative estimate of drug-likeness (QED) is 0.737. The molecule has 1 heterocycles. The maximum absolute atomic E-state index is 12.5. The second-order valence-electron chi connectivity index (χ2n) is 4.31. The summed E-state index contributed by atoms with van der Waals surface area (Å²) in [5.74, 6) is -1.91. The molecule has 100 valence electrons. The molecule has 0 unspecified atom stereocenters. The number of rotatable bonds is 1. The number of carbonyl (C=O) groups is 2. The lowest BCUT2D eigenvalue weighted by atomic mass is 9.97. The Labute approximate surface area is 114 Å². The van der Waals surface area contributed by atoms with Gasteiger partial charge in [0.25, 0.3) is 0 Å². The van der Waals surface area contributed by atoms with Crippen LogP contribution in [0.4, 0.5) is 0 Å². The Hall–Kier alpha value is -2.47. The second-order valence-corrected chi connectivity index (χ2v) is 6.20. The second kappa shape index (κ2) is 4.01. The zero-order valence-electron chi connectivity index (χ0n) is 10.0. The number of aromatic carboxylic acids is 1. The van der Waals surface area contributed by atoms with E-state index in [1.807, 2.05) is 0 Å². The fourth-order valence-corrected chi connectivity index (χ4v) is 3.98. The highest BCUT2D eigenvalue weighted by molar-refractivity contribution is 7.91. The number of ketones is 1. The third-order valence-corrected chi connectivity index (χ3v) is 5.05. The van der Waals surface area contributed by atoms with Crippen molar-refractivity contribution in [1.29, 1.82) is 0 Å². The molecule has 2 aromatic rings. The van der Waals surface area contributed by atoms with Crippen LogP contribution in [0, 0.1) is 0 Å². The molecular weight excluding hydrogens is 280 g/mol. The highest BCUT2D eigenvalue weighted by Crippen LogP contribution is 2.35. The molecule has 1 N–H and O–H groups in total. The molecule has 0 amide bonds. The van der Waals surface area contributed by atoms with E-state index in [0.29, 0.717) is 0 Å². The summed E-state index contributed by atoms with van der Waals surface area (Å²) in [7, 11) is -3.87. The Morgan fingerprint density at radius 1 is 0.950 bits per heavy atom. The Morgan fingerprint density at radius 3 is 2.30 bits per heavy atom. The monoisotopic (exact) mass is 288 g/mol. The molecule has 0 fully saturated rings. The van der Waals surface area contributed by atoms with Crippen molar-refractivity contribution < 1.29 is 23.1 Å². The number of sulfone groups is 1. The standard InChI is InChI=1S/C14H8O5S/c15-13-8-4-1-2-6-10(8)20(18,19)11-7-3-5-9(12(11)13)14(16)17/h1-7H,(H,16,17). The van der Waals surface area contributed by atoms with Gasteiger partial charge < -0.3 is 5.11 Å². The summed E-state index contributed by atoms with van der Waals surface area (Å²) in [4.78, 5) is 23.3. The van der Waals surface area contributed by atoms with E-state index in [1.165, 1.54) is 36.4 Å². The number of hydrogen-bond donors (Lipinski definition) is 1. The van der Waals surface area contributed by atoms with Crippen molar-refractivity contribution in [3.05, 3.63) is 59.2 Å². The van der Waals surface area contributed by atoms with Crippen molar-refractivity contribution in [1.82, 2.24) is 0 Å². The summed E-state index contributed by atoms with van der Waals surface area (Å²) >= 11 is 0. The molecule has 20 heavy (non-hydrogen) atoms. The van der Waals surface area contributed by atoms with E-state index in [-0.39, 0.29) is 26.5 Å². The van der Waals surface area contributed by atoms with Crippen LogP contribution in [-0.2, 0) is 9.84 Å². The van der Waals surface area contributed by atoms with Gasteiger partial charge in [-0.2, -0.15) is 0 Å². The summed E-state index contributed by atoms with van der Waals surface area (Å²) in [5, 5.41) is 9.13. The highest BCUT2D eigenvalue weighted by atomic mass is 32.2. The van der Waals surface area contributed by atoms with Gasteiger partial charge in [-0.1, -0.05) is 18.2 Å². The predicted molar refractivity (Wildman–Crippen MR) is 68.7 cm³/mol. The van der Waals surface area contributed by atoms with Crippen molar-refractivity contribution in [2.24, 2.45) is 0 Å². The molecule has 0 saturated carbocycles. The lowest BCUT2D eigenvalue weighted by Gasteiger charge is -2.19. The molecule has 0 aromatic heterocycles. The minimum Gasteiger partial charge on any atom is -0.478 e. The molecule has 0 bridgehead atoms. The third kappa shape index (κ3) is 1.51. The molecule has 0 atom stereocenters. The van der Waals surface area contributed by atoms with E-state index >= 15 is 0 Å². The average Bonchev–Trinajstić information content (AvgIpc) is 2.44. The SMILES string of the molecule is O=C(O)c1cccc2c1C(=O)c1ccccc1S2(=O)=O. The molecule has 2 aromatic carbocycles. The van der Waals surface area contributed by atoms with E-state index in [2.05, 4.69) is 0 Å². The third-order valence-electron chi connectivity index (χ3n) is 3.19. The zero-order chi connectivity index (χ0) is 14.5. The summed E-state index contributed by atoms with van der Waals surface area (Å²) in [6.45, 7) is 0. The summed E-state index contributed by atoms with van der Waals surface area (Å²) in [6.07, 6.45) is 0. The van der Waals surface area contributed by atoms with Crippen LogP contribution in [0.3, 0.4) is 0 Å². The molecule has 1 aliphatic rings. The van der Waals surface area contributed by atoms with Crippen LogP contribution in [0.5, 0.6) is 0 Å². The lowest BCUT2D eigenvalue weighted by molar-refractivity contribution is 0.0692. The Morgan fingerprint density at radius 2 is 1.60 bits per heavy atom. The zero-order valence-corrected chi connectivity index (χ0v) is 10.8. The summed E-state index contributed by atoms with van der Waals surface area (Å²) in [5.41, 5.74) is -0.557. The maximum Gasteiger partial charge on any atom is 0.336 e. The van der Waals surface area contributed by atoms with Crippen LogP contribution in [0.15, 0.2) is 52.3 Å². The molecule has 0 aliphatic carbocycles. The van der Waals surface area contributed by atoms with E-state index in [0.717, 1.165) is 0 Å². The lowest BCUT2D eigenvalue weighted by Crippen LogP contribution is -2.23. The van der Waals surface area contributed by atoms with E-state index < -0.39 is 21.6 Å². The number of carbonyl (C=O) groups excluding carboxylic acids is 1. The van der Waals surface area contributed by atoms with Gasteiger partial charge in [0.15, 0.2) is 5.78 Å². The van der Waals surface area contributed by atoms with Crippen molar-refractivity contribution in [3.8, 4) is 0 Å². The van der Waals surface area contributed by atoms with E-state index in [1.54, 1.807) is 6.07 Å². The molecule has 0 saturated heterocycles. The van der Waals surface area contributed by atoms with Gasteiger partial charge in [-0.05, 0) is 24.3 Å². The maximum atomic E-state index is 12.5. The first kappa shape index (κ1) is 12.6. The summed E-state index contributed by atoms with van der Waals surface area (Å²) in [6, 6.07) is 9.60. The fraction of sp³-hybridized carbons (Fsp3) is 0. The minimum atomic E-state index is -3.87. The molecule has 6 heteroatoms. The molecule has 5 nitrogen and oxygen atoms in total. The number of hydrogen-bond acceptors (Lipinski definition) is 4. The first-order valence-corrected chi connectivity index (χ1v) is 7.18. The van der Waals surface area contributed by atoms with Crippen LogP contribution >= 0.6 is 0 Å². The minimum absolute atomic E-state index is 0.00806. The van der Waals surface area contributed by atoms with Gasteiger partial charge >= 0.3 is 5.97 Å². The Kier molecular flexibility index (Phi) is 2.52. The smallest absolute Gasteiger partial charge is 0.336 e. The largest absolute Gasteiger partial charge is 0.478 e. The predicted octanol–water partition coefficient (Wildman–Crippen LogP) is 1.76.